The molecule has 0 aromatic carbocycles. The summed E-state index contributed by atoms with van der Waals surface area (Å²) in [6, 6.07) is 0. The number of rotatable bonds is 11. The summed E-state index contributed by atoms with van der Waals surface area (Å²) in [7, 11) is -4.38. The predicted octanol–water partition coefficient (Wildman–Crippen LogP) is -0.184. The smallest absolute Gasteiger partial charge is 0.748 e. The summed E-state index contributed by atoms with van der Waals surface area (Å²) in [5.74, 6) is 0. The summed E-state index contributed by atoms with van der Waals surface area (Å²) in [6.07, 6.45) is 7.13. The predicted molar refractivity (Wildman–Crippen MR) is 72.4 cm³/mol. The molecule has 0 rings (SSSR count). The summed E-state index contributed by atoms with van der Waals surface area (Å²) in [5, 5.41) is 8.42. The van der Waals surface area contributed by atoms with Crippen LogP contribution in [0.25, 0.3) is 0 Å². The van der Waals surface area contributed by atoms with E-state index in [2.05, 4.69) is 6.92 Å². The van der Waals surface area contributed by atoms with Crippen molar-refractivity contribution in [3.05, 3.63) is 0 Å². The van der Waals surface area contributed by atoms with Crippen LogP contribution >= 0.6 is 0 Å². The number of unbranched alkanes of at least 4 members (excludes halogenated alkanes) is 6. The molecule has 110 valence electrons. The van der Waals surface area contributed by atoms with E-state index in [9.17, 15) is 18.1 Å². The minimum absolute atomic E-state index is 0. The second kappa shape index (κ2) is 12.6. The van der Waals surface area contributed by atoms with E-state index >= 15 is 0 Å². The van der Waals surface area contributed by atoms with Crippen molar-refractivity contribution in [2.24, 2.45) is 0 Å². The Morgan fingerprint density at radius 2 is 1.47 bits per heavy atom. The Labute approximate surface area is 140 Å². The van der Waals surface area contributed by atoms with Crippen LogP contribution in [0.2, 0.25) is 0 Å². The molecule has 0 aromatic rings. The van der Waals surface area contributed by atoms with Crippen molar-refractivity contribution in [1.29, 1.82) is 0 Å². The second-order valence-electron chi connectivity index (χ2n) is 4.92. The molecule has 0 radical (unpaired) electrons. The first kappa shape index (κ1) is 22.2. The van der Waals surface area contributed by atoms with Gasteiger partial charge < -0.3 is 9.66 Å². The van der Waals surface area contributed by atoms with Crippen LogP contribution in [-0.2, 0) is 10.1 Å². The van der Waals surface area contributed by atoms with Gasteiger partial charge in [0.2, 0.25) is 0 Å². The van der Waals surface area contributed by atoms with Gasteiger partial charge in [-0.15, -0.1) is 0 Å². The first-order chi connectivity index (χ1) is 8.43. The standard InChI is InChI=1S/C13H28O4S.Na/c1-3-5-6-7-8-9-10-11-13(12(14)4-2)18(15,16)17;/h12-14H,3-11H2,1-2H3,(H,15,16,17);/q;+1/p-1. The minimum atomic E-state index is -4.38. The van der Waals surface area contributed by atoms with E-state index in [1.165, 1.54) is 25.7 Å². The molecule has 4 nitrogen and oxygen atoms in total. The summed E-state index contributed by atoms with van der Waals surface area (Å²) in [6.45, 7) is 3.85. The minimum Gasteiger partial charge on any atom is -0.748 e. The van der Waals surface area contributed by atoms with Crippen molar-refractivity contribution in [3.8, 4) is 0 Å². The van der Waals surface area contributed by atoms with E-state index in [-0.39, 0.29) is 36.0 Å². The summed E-state index contributed by atoms with van der Waals surface area (Å²) in [5.41, 5.74) is 0. The van der Waals surface area contributed by atoms with E-state index in [0.29, 0.717) is 12.8 Å². The van der Waals surface area contributed by atoms with Gasteiger partial charge in [0.25, 0.3) is 0 Å². The maximum atomic E-state index is 11.0. The monoisotopic (exact) mass is 302 g/mol. The molecule has 0 spiro atoms. The Hall–Kier alpha value is 0.870. The third kappa shape index (κ3) is 11.2. The molecule has 0 aliphatic heterocycles. The molecule has 19 heavy (non-hydrogen) atoms. The molecule has 6 heteroatoms. The number of hydrogen-bond acceptors (Lipinski definition) is 4. The van der Waals surface area contributed by atoms with Gasteiger partial charge in [0.1, 0.15) is 10.1 Å². The van der Waals surface area contributed by atoms with Crippen LogP contribution in [0.1, 0.15) is 71.6 Å². The molecule has 1 N–H and O–H groups in total. The molecule has 0 aromatic heterocycles. The normalized spacial score (nSPS) is 14.7. The van der Waals surface area contributed by atoms with Crippen molar-refractivity contribution in [2.45, 2.75) is 83.0 Å². The summed E-state index contributed by atoms with van der Waals surface area (Å²) < 4.78 is 33.1. The first-order valence-corrected chi connectivity index (χ1v) is 8.53. The first-order valence-electron chi connectivity index (χ1n) is 7.06. The zero-order chi connectivity index (χ0) is 14.0. The third-order valence-electron chi connectivity index (χ3n) is 3.31. The Balaban J connectivity index is 0. The van der Waals surface area contributed by atoms with Gasteiger partial charge in [0, 0.05) is 0 Å². The van der Waals surface area contributed by atoms with Crippen LogP contribution in [0, 0.1) is 0 Å². The SMILES string of the molecule is CCCCCCCCCC(C(O)CC)S(=O)(=O)[O-].[Na+]. The fourth-order valence-corrected chi connectivity index (χ4v) is 3.13. The van der Waals surface area contributed by atoms with Crippen LogP contribution in [0.3, 0.4) is 0 Å². The van der Waals surface area contributed by atoms with Gasteiger partial charge >= 0.3 is 29.6 Å². The van der Waals surface area contributed by atoms with Gasteiger partial charge in [-0.3, -0.25) is 0 Å². The molecule has 0 aliphatic rings. The Bertz CT molecular complexity index is 293. The largest absolute Gasteiger partial charge is 1.00 e. The van der Waals surface area contributed by atoms with Gasteiger partial charge in [-0.2, -0.15) is 0 Å². The molecule has 0 heterocycles. The quantitative estimate of drug-likeness (QED) is 0.326. The molecule has 0 bridgehead atoms. The maximum absolute atomic E-state index is 11.0. The second-order valence-corrected chi connectivity index (χ2v) is 6.51. The molecule has 2 atom stereocenters. The Morgan fingerprint density at radius 1 is 1.00 bits per heavy atom. The Kier molecular flexibility index (Phi) is 14.7. The van der Waals surface area contributed by atoms with Gasteiger partial charge in [0.05, 0.1) is 11.4 Å². The number of aliphatic hydroxyl groups is 1. The fraction of sp³-hybridized carbons (Fsp3) is 1.00. The summed E-state index contributed by atoms with van der Waals surface area (Å²) in [4.78, 5) is 0. The average molecular weight is 302 g/mol. The van der Waals surface area contributed by atoms with Crippen LogP contribution < -0.4 is 29.6 Å². The van der Waals surface area contributed by atoms with E-state index in [1.54, 1.807) is 6.92 Å². The van der Waals surface area contributed by atoms with E-state index < -0.39 is 21.5 Å². The Morgan fingerprint density at radius 3 is 1.89 bits per heavy atom. The van der Waals surface area contributed by atoms with Crippen molar-refractivity contribution >= 4 is 10.1 Å². The molecular weight excluding hydrogens is 275 g/mol. The summed E-state index contributed by atoms with van der Waals surface area (Å²) >= 11 is 0. The molecular formula is C13H27NaO4S. The van der Waals surface area contributed by atoms with Crippen LogP contribution in [-0.4, -0.2) is 29.4 Å². The zero-order valence-corrected chi connectivity index (χ0v) is 15.4. The molecule has 2 unspecified atom stereocenters. The zero-order valence-electron chi connectivity index (χ0n) is 12.6. The molecule has 0 saturated heterocycles. The van der Waals surface area contributed by atoms with Gasteiger partial charge in [-0.25, -0.2) is 8.42 Å². The molecule has 0 saturated carbocycles. The molecule has 0 fully saturated rings. The van der Waals surface area contributed by atoms with Crippen LogP contribution in [0.4, 0.5) is 0 Å². The van der Waals surface area contributed by atoms with Gasteiger partial charge in [-0.05, 0) is 12.8 Å². The van der Waals surface area contributed by atoms with Crippen molar-refractivity contribution < 1.29 is 47.6 Å². The number of hydrogen-bond donors (Lipinski definition) is 1. The third-order valence-corrected chi connectivity index (χ3v) is 4.60. The average Bonchev–Trinajstić information content (AvgIpc) is 2.30. The van der Waals surface area contributed by atoms with Gasteiger partial charge in [-0.1, -0.05) is 58.8 Å². The molecule has 0 aliphatic carbocycles. The fourth-order valence-electron chi connectivity index (χ4n) is 2.09. The van der Waals surface area contributed by atoms with Crippen molar-refractivity contribution in [3.63, 3.8) is 0 Å². The maximum Gasteiger partial charge on any atom is 1.00 e. The number of aliphatic hydroxyl groups excluding tert-OH is 1. The van der Waals surface area contributed by atoms with Crippen molar-refractivity contribution in [2.75, 3.05) is 0 Å². The van der Waals surface area contributed by atoms with E-state index in [4.69, 9.17) is 0 Å². The topological polar surface area (TPSA) is 77.4 Å². The van der Waals surface area contributed by atoms with Crippen LogP contribution in [0.15, 0.2) is 0 Å². The van der Waals surface area contributed by atoms with Crippen molar-refractivity contribution in [1.82, 2.24) is 0 Å². The van der Waals surface area contributed by atoms with E-state index in [0.717, 1.165) is 12.8 Å². The van der Waals surface area contributed by atoms with Crippen LogP contribution in [0.5, 0.6) is 0 Å². The van der Waals surface area contributed by atoms with Gasteiger partial charge in [0.15, 0.2) is 0 Å². The molecule has 0 amide bonds. The van der Waals surface area contributed by atoms with E-state index in [1.807, 2.05) is 0 Å².